The second kappa shape index (κ2) is 8.20. The highest BCUT2D eigenvalue weighted by Crippen LogP contribution is 2.14. The molecule has 1 N–H and O–H groups in total. The number of carbonyl (C=O) groups is 1. The van der Waals surface area contributed by atoms with Gasteiger partial charge in [-0.3, -0.25) is 4.79 Å². The zero-order valence-corrected chi connectivity index (χ0v) is 14.4. The number of amides is 1. The highest BCUT2D eigenvalue weighted by Gasteiger charge is 2.15. The maximum atomic E-state index is 12.9. The normalized spacial score (nSPS) is 10.4. The Morgan fingerprint density at radius 3 is 2.42 bits per heavy atom. The molecule has 1 aromatic heterocycles. The van der Waals surface area contributed by atoms with Gasteiger partial charge in [0.25, 0.3) is 5.91 Å². The van der Waals surface area contributed by atoms with Crippen LogP contribution in [-0.4, -0.2) is 29.5 Å². The molecule has 0 radical (unpaired) electrons. The van der Waals surface area contributed by atoms with Gasteiger partial charge in [-0.05, 0) is 36.2 Å². The first-order valence-electron chi connectivity index (χ1n) is 8.27. The van der Waals surface area contributed by atoms with Crippen molar-refractivity contribution < 1.29 is 9.18 Å². The highest BCUT2D eigenvalue weighted by molar-refractivity contribution is 6.04. The first-order chi connectivity index (χ1) is 12.6. The minimum Gasteiger partial charge on any atom is -0.368 e. The summed E-state index contributed by atoms with van der Waals surface area (Å²) >= 11 is 0. The molecule has 1 heterocycles. The fraction of sp³-hybridized carbons (Fsp3) is 0.150. The van der Waals surface area contributed by atoms with Gasteiger partial charge in [0.1, 0.15) is 17.3 Å². The summed E-state index contributed by atoms with van der Waals surface area (Å²) in [5, 5.41) is 3.14. The van der Waals surface area contributed by atoms with Crippen LogP contribution in [0.25, 0.3) is 0 Å². The van der Waals surface area contributed by atoms with E-state index < -0.39 is 0 Å². The van der Waals surface area contributed by atoms with Gasteiger partial charge in [0.2, 0.25) is 0 Å². The predicted octanol–water partition coefficient (Wildman–Crippen LogP) is 3.55. The number of para-hydroxylation sites is 1. The molecule has 3 rings (SSSR count). The van der Waals surface area contributed by atoms with E-state index in [0.29, 0.717) is 12.4 Å². The Morgan fingerprint density at radius 2 is 1.77 bits per heavy atom. The second-order valence-corrected chi connectivity index (χ2v) is 5.79. The molecule has 3 aromatic rings. The van der Waals surface area contributed by atoms with E-state index in [4.69, 9.17) is 0 Å². The summed E-state index contributed by atoms with van der Waals surface area (Å²) in [6.45, 7) is 0.636. The quantitative estimate of drug-likeness (QED) is 0.739. The molecule has 0 atom stereocenters. The van der Waals surface area contributed by atoms with Crippen molar-refractivity contribution in [2.24, 2.45) is 0 Å². The van der Waals surface area contributed by atoms with Crippen LogP contribution in [-0.2, 0) is 6.42 Å². The average molecular weight is 350 g/mol. The maximum Gasteiger partial charge on any atom is 0.278 e. The van der Waals surface area contributed by atoms with Crippen LogP contribution in [0.1, 0.15) is 16.1 Å². The van der Waals surface area contributed by atoms with Crippen LogP contribution >= 0.6 is 0 Å². The average Bonchev–Trinajstić information content (AvgIpc) is 2.69. The lowest BCUT2D eigenvalue weighted by Crippen LogP contribution is -2.27. The van der Waals surface area contributed by atoms with Gasteiger partial charge in [-0.15, -0.1) is 0 Å². The first-order valence-corrected chi connectivity index (χ1v) is 8.27. The molecule has 1 amide bonds. The molecule has 5 nitrogen and oxygen atoms in total. The van der Waals surface area contributed by atoms with E-state index >= 15 is 0 Å². The smallest absolute Gasteiger partial charge is 0.278 e. The van der Waals surface area contributed by atoms with Crippen LogP contribution in [0.15, 0.2) is 67.0 Å². The van der Waals surface area contributed by atoms with Gasteiger partial charge in [0.05, 0.1) is 12.4 Å². The molecule has 0 unspecified atom stereocenters. The Labute approximate surface area is 151 Å². The Hall–Kier alpha value is -3.28. The Bertz CT molecular complexity index is 851. The van der Waals surface area contributed by atoms with Crippen LogP contribution in [0.3, 0.4) is 0 Å². The molecule has 0 aliphatic carbocycles. The topological polar surface area (TPSA) is 58.1 Å². The largest absolute Gasteiger partial charge is 0.368 e. The second-order valence-electron chi connectivity index (χ2n) is 5.79. The first kappa shape index (κ1) is 17.5. The molecule has 132 valence electrons. The molecule has 0 fully saturated rings. The summed E-state index contributed by atoms with van der Waals surface area (Å²) in [4.78, 5) is 22.4. The number of halogens is 1. The number of hydrogen-bond donors (Lipinski definition) is 1. The minimum atomic E-state index is -0.242. The Kier molecular flexibility index (Phi) is 5.53. The molecule has 0 saturated heterocycles. The van der Waals surface area contributed by atoms with Crippen molar-refractivity contribution in [3.63, 3.8) is 0 Å². The zero-order valence-electron chi connectivity index (χ0n) is 14.4. The van der Waals surface area contributed by atoms with Crippen LogP contribution < -0.4 is 10.2 Å². The number of hydrogen-bond acceptors (Lipinski definition) is 4. The molecular weight excluding hydrogens is 331 g/mol. The van der Waals surface area contributed by atoms with Crippen molar-refractivity contribution in [3.05, 3.63) is 84.1 Å². The SMILES string of the molecule is CN(C(=O)c1cnc(NCCc2ccc(F)cc2)cn1)c1ccccc1. The van der Waals surface area contributed by atoms with E-state index in [1.807, 2.05) is 30.3 Å². The van der Waals surface area contributed by atoms with Gasteiger partial charge in [-0.25, -0.2) is 14.4 Å². The van der Waals surface area contributed by atoms with Crippen molar-refractivity contribution in [1.29, 1.82) is 0 Å². The minimum absolute atomic E-state index is 0.221. The summed E-state index contributed by atoms with van der Waals surface area (Å²) < 4.78 is 12.9. The molecule has 0 saturated carbocycles. The number of carbonyl (C=O) groups excluding carboxylic acids is 1. The summed E-state index contributed by atoms with van der Waals surface area (Å²) in [5.74, 6) is 0.126. The molecule has 2 aromatic carbocycles. The lowest BCUT2D eigenvalue weighted by molar-refractivity contribution is 0.0988. The molecule has 26 heavy (non-hydrogen) atoms. The van der Waals surface area contributed by atoms with Crippen LogP contribution in [0.5, 0.6) is 0 Å². The number of benzene rings is 2. The predicted molar refractivity (Wildman–Crippen MR) is 99.8 cm³/mol. The van der Waals surface area contributed by atoms with E-state index in [1.54, 1.807) is 19.2 Å². The number of rotatable bonds is 6. The Morgan fingerprint density at radius 1 is 1.04 bits per heavy atom. The zero-order chi connectivity index (χ0) is 18.4. The van der Waals surface area contributed by atoms with Crippen molar-refractivity contribution in [2.75, 3.05) is 23.8 Å². The van der Waals surface area contributed by atoms with Gasteiger partial charge in [0, 0.05) is 19.3 Å². The van der Waals surface area contributed by atoms with Crippen molar-refractivity contribution >= 4 is 17.4 Å². The van der Waals surface area contributed by atoms with Gasteiger partial charge < -0.3 is 10.2 Å². The molecule has 0 aliphatic rings. The summed E-state index contributed by atoms with van der Waals surface area (Å²) in [6.07, 6.45) is 3.73. The fourth-order valence-corrected chi connectivity index (χ4v) is 2.46. The van der Waals surface area contributed by atoms with Gasteiger partial charge in [-0.1, -0.05) is 30.3 Å². The summed E-state index contributed by atoms with van der Waals surface area (Å²) in [7, 11) is 1.70. The summed E-state index contributed by atoms with van der Waals surface area (Å²) in [6, 6.07) is 15.8. The van der Waals surface area contributed by atoms with Crippen molar-refractivity contribution in [1.82, 2.24) is 9.97 Å². The number of anilines is 2. The van der Waals surface area contributed by atoms with Gasteiger partial charge in [-0.2, -0.15) is 0 Å². The van der Waals surface area contributed by atoms with E-state index in [2.05, 4.69) is 15.3 Å². The number of aromatic nitrogens is 2. The highest BCUT2D eigenvalue weighted by atomic mass is 19.1. The monoisotopic (exact) mass is 350 g/mol. The van der Waals surface area contributed by atoms with E-state index in [-0.39, 0.29) is 17.4 Å². The van der Waals surface area contributed by atoms with E-state index in [1.165, 1.54) is 29.4 Å². The molecule has 6 heteroatoms. The number of nitrogens with one attached hydrogen (secondary N) is 1. The van der Waals surface area contributed by atoms with Gasteiger partial charge in [0.15, 0.2) is 0 Å². The lowest BCUT2D eigenvalue weighted by atomic mass is 10.1. The van der Waals surface area contributed by atoms with E-state index in [9.17, 15) is 9.18 Å². The number of nitrogens with zero attached hydrogens (tertiary/aromatic N) is 3. The van der Waals surface area contributed by atoms with Crippen LogP contribution in [0.2, 0.25) is 0 Å². The van der Waals surface area contributed by atoms with E-state index in [0.717, 1.165) is 17.7 Å². The van der Waals surface area contributed by atoms with Crippen molar-refractivity contribution in [3.8, 4) is 0 Å². The third-order valence-corrected chi connectivity index (χ3v) is 3.95. The lowest BCUT2D eigenvalue weighted by Gasteiger charge is -2.16. The Balaban J connectivity index is 1.56. The van der Waals surface area contributed by atoms with Crippen molar-refractivity contribution in [2.45, 2.75) is 6.42 Å². The third kappa shape index (κ3) is 4.42. The van der Waals surface area contributed by atoms with Crippen LogP contribution in [0, 0.1) is 5.82 Å². The molecule has 0 bridgehead atoms. The van der Waals surface area contributed by atoms with Gasteiger partial charge >= 0.3 is 0 Å². The molecule has 0 spiro atoms. The fourth-order valence-electron chi connectivity index (χ4n) is 2.46. The third-order valence-electron chi connectivity index (χ3n) is 3.95. The molecular formula is C20H19FN4O. The molecule has 0 aliphatic heterocycles. The standard InChI is InChI=1S/C20H19FN4O/c1-25(17-5-3-2-4-6-17)20(26)18-13-24-19(14-23-18)22-12-11-15-7-9-16(21)10-8-15/h2-10,13-14H,11-12H2,1H3,(H,22,24). The van der Waals surface area contributed by atoms with Crippen LogP contribution in [0.4, 0.5) is 15.9 Å². The summed E-state index contributed by atoms with van der Waals surface area (Å²) in [5.41, 5.74) is 2.10. The maximum absolute atomic E-state index is 12.9.